The molecule has 5 nitrogen and oxygen atoms in total. The Morgan fingerprint density at radius 1 is 1.30 bits per heavy atom. The van der Waals surface area contributed by atoms with Crippen LogP contribution in [0.15, 0.2) is 54.1 Å². The van der Waals surface area contributed by atoms with Crippen LogP contribution in [0.3, 0.4) is 0 Å². The molecule has 0 fully saturated rings. The Hall–Kier alpha value is -3.26. The number of hydrogen-bond donors (Lipinski definition) is 2. The number of nitrogens with one attached hydrogen (secondary N) is 1. The van der Waals surface area contributed by atoms with Gasteiger partial charge in [-0.1, -0.05) is 36.4 Å². The molecule has 0 aromatic heterocycles. The molecular weight excluding hydrogens is 292 g/mol. The molecule has 0 aliphatic rings. The minimum atomic E-state index is -0.466. The number of carbonyl (C=O) groups is 1. The zero-order valence-corrected chi connectivity index (χ0v) is 12.6. The number of methoxy groups -OCH3 is 1. The van der Waals surface area contributed by atoms with E-state index in [1.165, 1.54) is 19.3 Å². The molecular formula is C18H16N2O3. The highest BCUT2D eigenvalue weighted by Gasteiger charge is 2.09. The molecule has 0 bridgehead atoms. The Morgan fingerprint density at radius 3 is 2.65 bits per heavy atom. The molecule has 1 amide bonds. The molecule has 5 heteroatoms. The lowest BCUT2D eigenvalue weighted by Crippen LogP contribution is -2.23. The molecule has 2 N–H and O–H groups in total. The maximum Gasteiger partial charge on any atom is 0.262 e. The lowest BCUT2D eigenvalue weighted by atomic mass is 10.1. The average Bonchev–Trinajstić information content (AvgIpc) is 2.58. The van der Waals surface area contributed by atoms with Crippen LogP contribution in [0, 0.1) is 11.3 Å². The van der Waals surface area contributed by atoms with E-state index in [1.54, 1.807) is 12.1 Å². The van der Waals surface area contributed by atoms with Crippen molar-refractivity contribution in [2.45, 2.75) is 6.54 Å². The van der Waals surface area contributed by atoms with Crippen molar-refractivity contribution in [1.29, 1.82) is 5.26 Å². The molecule has 0 heterocycles. The fourth-order valence-electron chi connectivity index (χ4n) is 1.99. The minimum absolute atomic E-state index is 0.0366. The van der Waals surface area contributed by atoms with Crippen molar-refractivity contribution in [1.82, 2.24) is 5.32 Å². The quantitative estimate of drug-likeness (QED) is 0.657. The van der Waals surface area contributed by atoms with Gasteiger partial charge < -0.3 is 15.2 Å². The van der Waals surface area contributed by atoms with Crippen LogP contribution in [-0.4, -0.2) is 18.1 Å². The van der Waals surface area contributed by atoms with Gasteiger partial charge in [-0.3, -0.25) is 4.79 Å². The van der Waals surface area contributed by atoms with Gasteiger partial charge in [-0.2, -0.15) is 5.26 Å². The molecule has 0 aliphatic carbocycles. The number of nitrogens with zero attached hydrogens (tertiary/aromatic N) is 1. The topological polar surface area (TPSA) is 82.3 Å². The molecule has 0 aliphatic heterocycles. The van der Waals surface area contributed by atoms with Crippen molar-refractivity contribution in [3.63, 3.8) is 0 Å². The maximum atomic E-state index is 12.1. The molecule has 0 spiro atoms. The first-order valence-electron chi connectivity index (χ1n) is 6.95. The van der Waals surface area contributed by atoms with Crippen LogP contribution in [0.2, 0.25) is 0 Å². The Bertz CT molecular complexity index is 762. The summed E-state index contributed by atoms with van der Waals surface area (Å²) in [5, 5.41) is 21.6. The summed E-state index contributed by atoms with van der Waals surface area (Å²) in [6, 6.07) is 15.9. The van der Waals surface area contributed by atoms with E-state index in [0.29, 0.717) is 17.9 Å². The van der Waals surface area contributed by atoms with Crippen LogP contribution in [-0.2, 0) is 11.3 Å². The van der Waals surface area contributed by atoms with Crippen LogP contribution in [0.4, 0.5) is 0 Å². The molecule has 116 valence electrons. The number of carbonyl (C=O) groups excluding carboxylic acids is 1. The molecule has 23 heavy (non-hydrogen) atoms. The Balaban J connectivity index is 2.10. The number of nitriles is 1. The average molecular weight is 308 g/mol. The lowest BCUT2D eigenvalue weighted by Gasteiger charge is -2.06. The van der Waals surface area contributed by atoms with Crippen LogP contribution in [0.1, 0.15) is 11.1 Å². The first kappa shape index (κ1) is 16.1. The predicted octanol–water partition coefficient (Wildman–Crippen LogP) is 2.62. The number of hydrogen-bond acceptors (Lipinski definition) is 4. The van der Waals surface area contributed by atoms with Gasteiger partial charge >= 0.3 is 0 Å². The van der Waals surface area contributed by atoms with Crippen molar-refractivity contribution >= 4 is 12.0 Å². The van der Waals surface area contributed by atoms with Crippen LogP contribution in [0.5, 0.6) is 11.5 Å². The van der Waals surface area contributed by atoms with Crippen LogP contribution < -0.4 is 10.1 Å². The van der Waals surface area contributed by atoms with E-state index < -0.39 is 5.91 Å². The molecule has 0 unspecified atom stereocenters. The number of aromatic hydroxyl groups is 1. The molecule has 0 saturated carbocycles. The van der Waals surface area contributed by atoms with E-state index in [1.807, 2.05) is 36.4 Å². The summed E-state index contributed by atoms with van der Waals surface area (Å²) >= 11 is 0. The number of phenolic OH excluding ortho intramolecular Hbond substituents is 1. The van der Waals surface area contributed by atoms with E-state index in [2.05, 4.69) is 5.32 Å². The summed E-state index contributed by atoms with van der Waals surface area (Å²) in [5.41, 5.74) is 1.44. The number of ether oxygens (including phenoxy) is 1. The highest BCUT2D eigenvalue weighted by Crippen LogP contribution is 2.27. The maximum absolute atomic E-state index is 12.1. The number of rotatable bonds is 5. The zero-order chi connectivity index (χ0) is 16.7. The second kappa shape index (κ2) is 7.66. The summed E-state index contributed by atoms with van der Waals surface area (Å²) in [6.45, 7) is 0.340. The van der Waals surface area contributed by atoms with Crippen molar-refractivity contribution < 1.29 is 14.6 Å². The third kappa shape index (κ3) is 4.35. The predicted molar refractivity (Wildman–Crippen MR) is 86.5 cm³/mol. The van der Waals surface area contributed by atoms with Gasteiger partial charge in [0.1, 0.15) is 11.6 Å². The Labute approximate surface area is 134 Å². The SMILES string of the molecule is COc1ccc(/C=C(/C#N)C(=O)NCc2ccccc2)cc1O. The van der Waals surface area contributed by atoms with Crippen LogP contribution in [0.25, 0.3) is 6.08 Å². The summed E-state index contributed by atoms with van der Waals surface area (Å²) in [7, 11) is 1.45. The summed E-state index contributed by atoms with van der Waals surface area (Å²) in [5.74, 6) is -0.191. The third-order valence-corrected chi connectivity index (χ3v) is 3.17. The van der Waals surface area contributed by atoms with Gasteiger partial charge in [0.05, 0.1) is 7.11 Å². The molecule has 0 saturated heterocycles. The van der Waals surface area contributed by atoms with E-state index in [0.717, 1.165) is 5.56 Å². The summed E-state index contributed by atoms with van der Waals surface area (Å²) < 4.78 is 4.95. The normalized spacial score (nSPS) is 10.7. The Morgan fingerprint density at radius 2 is 2.04 bits per heavy atom. The number of amides is 1. The minimum Gasteiger partial charge on any atom is -0.504 e. The summed E-state index contributed by atoms with van der Waals surface area (Å²) in [6.07, 6.45) is 1.42. The van der Waals surface area contributed by atoms with Gasteiger partial charge in [0.2, 0.25) is 0 Å². The molecule has 2 aromatic carbocycles. The smallest absolute Gasteiger partial charge is 0.262 e. The van der Waals surface area contributed by atoms with Crippen LogP contribution >= 0.6 is 0 Å². The van der Waals surface area contributed by atoms with E-state index in [4.69, 9.17) is 10.00 Å². The van der Waals surface area contributed by atoms with E-state index >= 15 is 0 Å². The van der Waals surface area contributed by atoms with Crippen molar-refractivity contribution in [2.24, 2.45) is 0 Å². The van der Waals surface area contributed by atoms with Gasteiger partial charge in [-0.15, -0.1) is 0 Å². The van der Waals surface area contributed by atoms with Gasteiger partial charge in [0.25, 0.3) is 5.91 Å². The van der Waals surface area contributed by atoms with Crippen molar-refractivity contribution in [2.75, 3.05) is 7.11 Å². The molecule has 2 aromatic rings. The summed E-state index contributed by atoms with van der Waals surface area (Å²) in [4.78, 5) is 12.1. The van der Waals surface area contributed by atoms with Gasteiger partial charge in [-0.25, -0.2) is 0 Å². The largest absolute Gasteiger partial charge is 0.504 e. The fourth-order valence-corrected chi connectivity index (χ4v) is 1.99. The van der Waals surface area contributed by atoms with E-state index in [9.17, 15) is 9.90 Å². The standard InChI is InChI=1S/C18H16N2O3/c1-23-17-8-7-14(10-16(17)21)9-15(11-19)18(22)20-12-13-5-3-2-4-6-13/h2-10,21H,12H2,1H3,(H,20,22)/b15-9-. The highest BCUT2D eigenvalue weighted by molar-refractivity contribution is 6.01. The van der Waals surface area contributed by atoms with Crippen molar-refractivity contribution in [3.8, 4) is 17.6 Å². The Kier molecular flexibility index (Phi) is 5.37. The lowest BCUT2D eigenvalue weighted by molar-refractivity contribution is -0.117. The molecule has 0 radical (unpaired) electrons. The fraction of sp³-hybridized carbons (Fsp3) is 0.111. The van der Waals surface area contributed by atoms with E-state index in [-0.39, 0.29) is 11.3 Å². The highest BCUT2D eigenvalue weighted by atomic mass is 16.5. The van der Waals surface area contributed by atoms with Gasteiger partial charge in [0.15, 0.2) is 11.5 Å². The first-order chi connectivity index (χ1) is 11.1. The molecule has 0 atom stereocenters. The third-order valence-electron chi connectivity index (χ3n) is 3.17. The van der Waals surface area contributed by atoms with Gasteiger partial charge in [0, 0.05) is 6.54 Å². The van der Waals surface area contributed by atoms with Gasteiger partial charge in [-0.05, 0) is 29.3 Å². The first-order valence-corrected chi connectivity index (χ1v) is 6.95. The second-order valence-corrected chi connectivity index (χ2v) is 4.77. The number of phenols is 1. The monoisotopic (exact) mass is 308 g/mol. The molecule has 2 rings (SSSR count). The van der Waals surface area contributed by atoms with Crippen molar-refractivity contribution in [3.05, 3.63) is 65.2 Å². The number of benzene rings is 2. The zero-order valence-electron chi connectivity index (χ0n) is 12.6. The second-order valence-electron chi connectivity index (χ2n) is 4.77.